The van der Waals surface area contributed by atoms with E-state index in [4.69, 9.17) is 5.84 Å². The van der Waals surface area contributed by atoms with Crippen molar-refractivity contribution in [3.8, 4) is 0 Å². The third-order valence-electron chi connectivity index (χ3n) is 3.05. The molecule has 2 aromatic rings. The van der Waals surface area contributed by atoms with Crippen LogP contribution in [-0.2, 0) is 9.84 Å². The predicted octanol–water partition coefficient (Wildman–Crippen LogP) is 1.35. The minimum absolute atomic E-state index is 0.273. The second kappa shape index (κ2) is 5.70. The van der Waals surface area contributed by atoms with Crippen molar-refractivity contribution in [2.24, 2.45) is 5.84 Å². The van der Waals surface area contributed by atoms with Crippen LogP contribution in [0.4, 0.5) is 0 Å². The molecule has 0 aliphatic carbocycles. The summed E-state index contributed by atoms with van der Waals surface area (Å²) in [5, 5.41) is 0. The van der Waals surface area contributed by atoms with E-state index in [1.165, 1.54) is 6.26 Å². The fourth-order valence-electron chi connectivity index (χ4n) is 1.96. The Kier molecular flexibility index (Phi) is 4.17. The second-order valence-electron chi connectivity index (χ2n) is 4.68. The first kappa shape index (κ1) is 14.6. The van der Waals surface area contributed by atoms with E-state index in [2.05, 4.69) is 10.4 Å². The van der Waals surface area contributed by atoms with E-state index < -0.39 is 9.84 Å². The number of sulfone groups is 1. The standard InChI is InChI=1S/C14H17N3O2S/c1-10-6-7-12(9-16-10)14(17-15)11-4-3-5-13(8-11)20(2,18)19/h3-9,14,17H,15H2,1-2H3. The molecule has 2 rings (SSSR count). The van der Waals surface area contributed by atoms with Gasteiger partial charge in [0, 0.05) is 18.1 Å². The highest BCUT2D eigenvalue weighted by Gasteiger charge is 2.15. The lowest BCUT2D eigenvalue weighted by molar-refractivity contribution is 0.600. The zero-order valence-corrected chi connectivity index (χ0v) is 12.2. The predicted molar refractivity (Wildman–Crippen MR) is 77.7 cm³/mol. The van der Waals surface area contributed by atoms with Crippen LogP contribution in [0, 0.1) is 6.92 Å². The largest absolute Gasteiger partial charge is 0.271 e. The van der Waals surface area contributed by atoms with E-state index in [0.717, 1.165) is 16.8 Å². The van der Waals surface area contributed by atoms with Gasteiger partial charge in [-0.3, -0.25) is 10.8 Å². The minimum Gasteiger partial charge on any atom is -0.271 e. The zero-order chi connectivity index (χ0) is 14.8. The third-order valence-corrected chi connectivity index (χ3v) is 4.16. The topological polar surface area (TPSA) is 85.1 Å². The fourth-order valence-corrected chi connectivity index (χ4v) is 2.64. The number of hydrazine groups is 1. The van der Waals surface area contributed by atoms with Gasteiger partial charge in [0.2, 0.25) is 0 Å². The Bertz CT molecular complexity index is 697. The lowest BCUT2D eigenvalue weighted by Crippen LogP contribution is -2.29. The molecule has 6 heteroatoms. The van der Waals surface area contributed by atoms with Crippen LogP contribution in [0.25, 0.3) is 0 Å². The molecule has 0 saturated heterocycles. The van der Waals surface area contributed by atoms with Crippen molar-refractivity contribution < 1.29 is 8.42 Å². The number of nitrogens with two attached hydrogens (primary N) is 1. The third kappa shape index (κ3) is 3.22. The summed E-state index contributed by atoms with van der Waals surface area (Å²) >= 11 is 0. The summed E-state index contributed by atoms with van der Waals surface area (Å²) in [4.78, 5) is 4.50. The molecule has 5 nitrogen and oxygen atoms in total. The van der Waals surface area contributed by atoms with E-state index in [0.29, 0.717) is 0 Å². The number of pyridine rings is 1. The van der Waals surface area contributed by atoms with Crippen LogP contribution in [0.5, 0.6) is 0 Å². The molecule has 106 valence electrons. The Morgan fingerprint density at radius 2 is 1.95 bits per heavy atom. The Morgan fingerprint density at radius 3 is 2.50 bits per heavy atom. The Balaban J connectivity index is 2.44. The minimum atomic E-state index is -3.24. The van der Waals surface area contributed by atoms with Crippen molar-refractivity contribution in [1.82, 2.24) is 10.4 Å². The van der Waals surface area contributed by atoms with E-state index >= 15 is 0 Å². The highest BCUT2D eigenvalue weighted by molar-refractivity contribution is 7.90. The van der Waals surface area contributed by atoms with Gasteiger partial charge in [-0.15, -0.1) is 0 Å². The van der Waals surface area contributed by atoms with Gasteiger partial charge in [-0.1, -0.05) is 18.2 Å². The van der Waals surface area contributed by atoms with Gasteiger partial charge in [0.1, 0.15) is 0 Å². The Hall–Kier alpha value is -1.76. The first-order valence-electron chi connectivity index (χ1n) is 6.10. The Morgan fingerprint density at radius 1 is 1.20 bits per heavy atom. The van der Waals surface area contributed by atoms with Crippen LogP contribution in [0.1, 0.15) is 22.9 Å². The number of aromatic nitrogens is 1. The van der Waals surface area contributed by atoms with Gasteiger partial charge in [0.05, 0.1) is 10.9 Å². The smallest absolute Gasteiger partial charge is 0.175 e. The molecule has 1 aromatic carbocycles. The fraction of sp³-hybridized carbons (Fsp3) is 0.214. The highest BCUT2D eigenvalue weighted by Crippen LogP contribution is 2.23. The van der Waals surface area contributed by atoms with Gasteiger partial charge < -0.3 is 0 Å². The summed E-state index contributed by atoms with van der Waals surface area (Å²) in [5.41, 5.74) is 5.27. The lowest BCUT2D eigenvalue weighted by Gasteiger charge is -2.17. The highest BCUT2D eigenvalue weighted by atomic mass is 32.2. The maximum atomic E-state index is 11.6. The number of rotatable bonds is 4. The molecule has 0 amide bonds. The molecular formula is C14H17N3O2S. The van der Waals surface area contributed by atoms with Gasteiger partial charge in [0.25, 0.3) is 0 Å². The molecule has 1 unspecified atom stereocenters. The number of nitrogens with zero attached hydrogens (tertiary/aromatic N) is 1. The molecule has 1 heterocycles. The molecule has 20 heavy (non-hydrogen) atoms. The molecule has 0 spiro atoms. The van der Waals surface area contributed by atoms with Crippen molar-refractivity contribution in [1.29, 1.82) is 0 Å². The van der Waals surface area contributed by atoms with Crippen molar-refractivity contribution >= 4 is 9.84 Å². The van der Waals surface area contributed by atoms with Gasteiger partial charge >= 0.3 is 0 Å². The first-order chi connectivity index (χ1) is 9.41. The molecule has 0 radical (unpaired) electrons. The first-order valence-corrected chi connectivity index (χ1v) is 7.99. The van der Waals surface area contributed by atoms with Crippen LogP contribution in [-0.4, -0.2) is 19.7 Å². The van der Waals surface area contributed by atoms with E-state index in [9.17, 15) is 8.42 Å². The van der Waals surface area contributed by atoms with Gasteiger partial charge in [-0.25, -0.2) is 13.8 Å². The molecule has 0 saturated carbocycles. The summed E-state index contributed by atoms with van der Waals surface area (Å²) in [7, 11) is -3.24. The van der Waals surface area contributed by atoms with Crippen LogP contribution >= 0.6 is 0 Å². The number of hydrogen-bond acceptors (Lipinski definition) is 5. The van der Waals surface area contributed by atoms with Crippen molar-refractivity contribution in [2.45, 2.75) is 17.9 Å². The Labute approximate surface area is 118 Å². The molecule has 3 N–H and O–H groups in total. The molecule has 1 atom stereocenters. The molecule has 1 aromatic heterocycles. The van der Waals surface area contributed by atoms with Gasteiger partial charge in [0.15, 0.2) is 9.84 Å². The summed E-state index contributed by atoms with van der Waals surface area (Å²) in [6, 6.07) is 10.2. The maximum absolute atomic E-state index is 11.6. The van der Waals surface area contributed by atoms with Crippen molar-refractivity contribution in [3.05, 3.63) is 59.4 Å². The van der Waals surface area contributed by atoms with Crippen LogP contribution in [0.3, 0.4) is 0 Å². The summed E-state index contributed by atoms with van der Waals surface area (Å²) in [6.07, 6.45) is 2.91. The van der Waals surface area contributed by atoms with Crippen LogP contribution < -0.4 is 11.3 Å². The van der Waals surface area contributed by atoms with Crippen molar-refractivity contribution in [3.63, 3.8) is 0 Å². The van der Waals surface area contributed by atoms with Crippen molar-refractivity contribution in [2.75, 3.05) is 6.26 Å². The summed E-state index contributed by atoms with van der Waals surface area (Å²) in [6.45, 7) is 1.90. The lowest BCUT2D eigenvalue weighted by atomic mass is 10.0. The van der Waals surface area contributed by atoms with Crippen LogP contribution in [0.2, 0.25) is 0 Å². The molecule has 0 aliphatic rings. The average Bonchev–Trinajstić information content (AvgIpc) is 2.41. The normalized spacial score (nSPS) is 13.2. The SMILES string of the molecule is Cc1ccc(C(NN)c2cccc(S(C)(=O)=O)c2)cn1. The molecule has 0 aliphatic heterocycles. The van der Waals surface area contributed by atoms with E-state index in [1.54, 1.807) is 24.4 Å². The summed E-state index contributed by atoms with van der Waals surface area (Å²) < 4.78 is 23.2. The average molecular weight is 291 g/mol. The van der Waals surface area contributed by atoms with Crippen LogP contribution in [0.15, 0.2) is 47.5 Å². The second-order valence-corrected chi connectivity index (χ2v) is 6.69. The molecule has 0 fully saturated rings. The maximum Gasteiger partial charge on any atom is 0.175 e. The molecular weight excluding hydrogens is 274 g/mol. The number of benzene rings is 1. The summed E-state index contributed by atoms with van der Waals surface area (Å²) in [5.74, 6) is 5.61. The van der Waals surface area contributed by atoms with E-state index in [1.807, 2.05) is 25.1 Å². The number of hydrogen-bond donors (Lipinski definition) is 2. The number of nitrogens with one attached hydrogen (secondary N) is 1. The number of aryl methyl sites for hydroxylation is 1. The zero-order valence-electron chi connectivity index (χ0n) is 11.4. The monoisotopic (exact) mass is 291 g/mol. The molecule has 0 bridgehead atoms. The van der Waals surface area contributed by atoms with Gasteiger partial charge in [-0.05, 0) is 36.2 Å². The quantitative estimate of drug-likeness (QED) is 0.656. The van der Waals surface area contributed by atoms with E-state index in [-0.39, 0.29) is 10.9 Å². The van der Waals surface area contributed by atoms with Gasteiger partial charge in [-0.2, -0.15) is 0 Å².